The number of aryl methyl sites for hydroxylation is 1. The van der Waals surface area contributed by atoms with E-state index in [-0.39, 0.29) is 11.6 Å². The molecule has 0 fully saturated rings. The minimum Gasteiger partial charge on any atom is -0.322 e. The second-order valence-electron chi connectivity index (χ2n) is 9.21. The highest BCUT2D eigenvalue weighted by Crippen LogP contribution is 2.27. The van der Waals surface area contributed by atoms with Crippen LogP contribution in [0.25, 0.3) is 10.9 Å². The fourth-order valence-electron chi connectivity index (χ4n) is 4.71. The molecule has 2 aromatic heterocycles. The van der Waals surface area contributed by atoms with Gasteiger partial charge in [-0.3, -0.25) is 9.69 Å². The predicted molar refractivity (Wildman–Crippen MR) is 141 cm³/mol. The highest BCUT2D eigenvalue weighted by Gasteiger charge is 2.26. The van der Waals surface area contributed by atoms with Crippen molar-refractivity contribution >= 4 is 10.9 Å². The molecule has 0 aliphatic rings. The first-order valence-corrected chi connectivity index (χ1v) is 12.3. The average molecular weight is 479 g/mol. The van der Waals surface area contributed by atoms with Crippen LogP contribution < -0.4 is 5.56 Å². The first-order chi connectivity index (χ1) is 17.6. The second kappa shape index (κ2) is 10.7. The van der Waals surface area contributed by atoms with Gasteiger partial charge in [0.1, 0.15) is 0 Å². The third-order valence-corrected chi connectivity index (χ3v) is 6.54. The van der Waals surface area contributed by atoms with E-state index in [1.54, 1.807) is 0 Å². The molecule has 5 rings (SSSR count). The lowest BCUT2D eigenvalue weighted by atomic mass is 10.1. The van der Waals surface area contributed by atoms with E-state index >= 15 is 0 Å². The number of benzene rings is 3. The van der Waals surface area contributed by atoms with Crippen LogP contribution in [-0.2, 0) is 19.6 Å². The van der Waals surface area contributed by atoms with Crippen molar-refractivity contribution in [2.45, 2.75) is 45.9 Å². The molecule has 7 nitrogen and oxygen atoms in total. The fourth-order valence-corrected chi connectivity index (χ4v) is 4.71. The minimum absolute atomic E-state index is 0.0649. The van der Waals surface area contributed by atoms with Gasteiger partial charge >= 0.3 is 0 Å². The normalized spacial score (nSPS) is 12.3. The highest BCUT2D eigenvalue weighted by atomic mass is 16.1. The molecule has 2 heterocycles. The molecule has 0 saturated carbocycles. The van der Waals surface area contributed by atoms with Crippen LogP contribution in [0.1, 0.15) is 47.5 Å². The molecular weight excluding hydrogens is 448 g/mol. The van der Waals surface area contributed by atoms with E-state index in [9.17, 15) is 4.79 Å². The molecule has 0 aliphatic heterocycles. The van der Waals surface area contributed by atoms with Crippen LogP contribution >= 0.6 is 0 Å². The number of tetrazole rings is 1. The minimum atomic E-state index is -0.0722. The molecule has 0 saturated heterocycles. The lowest BCUT2D eigenvalue weighted by Crippen LogP contribution is -2.32. The standard InChI is InChI=1S/C29H30N6O/c1-3-27(28-31-32-33-35(28)19-23-12-8-5-9-13-23)34(18-22-10-6-4-7-11-22)20-25-17-24-15-14-21(2)16-26(24)30-29(25)36/h4-17,27H,3,18-20H2,1-2H3,(H,30,36). The number of nitrogens with zero attached hydrogens (tertiary/aromatic N) is 5. The quantitative estimate of drug-likeness (QED) is 0.322. The Kier molecular flexibility index (Phi) is 7.00. The Bertz CT molecular complexity index is 1490. The summed E-state index contributed by atoms with van der Waals surface area (Å²) in [6.07, 6.45) is 0.798. The molecule has 0 spiro atoms. The van der Waals surface area contributed by atoms with Gasteiger partial charge in [-0.1, -0.05) is 79.7 Å². The number of nitrogens with one attached hydrogen (secondary N) is 1. The third kappa shape index (κ3) is 5.26. The van der Waals surface area contributed by atoms with Gasteiger partial charge in [0.2, 0.25) is 0 Å². The van der Waals surface area contributed by atoms with E-state index in [1.807, 2.05) is 60.1 Å². The predicted octanol–water partition coefficient (Wildman–Crippen LogP) is 5.02. The summed E-state index contributed by atoms with van der Waals surface area (Å²) in [4.78, 5) is 18.5. The molecule has 0 aliphatic carbocycles. The molecule has 7 heteroatoms. The van der Waals surface area contributed by atoms with Crippen molar-refractivity contribution in [2.75, 3.05) is 0 Å². The lowest BCUT2D eigenvalue weighted by molar-refractivity contribution is 0.161. The van der Waals surface area contributed by atoms with E-state index in [4.69, 9.17) is 0 Å². The van der Waals surface area contributed by atoms with Crippen LogP contribution in [0.2, 0.25) is 0 Å². The fraction of sp³-hybridized carbons (Fsp3) is 0.241. The van der Waals surface area contributed by atoms with Gasteiger partial charge in [-0.2, -0.15) is 0 Å². The maximum Gasteiger partial charge on any atom is 0.252 e. The largest absolute Gasteiger partial charge is 0.322 e. The van der Waals surface area contributed by atoms with Gasteiger partial charge in [0.05, 0.1) is 12.6 Å². The van der Waals surface area contributed by atoms with E-state index in [1.165, 1.54) is 5.56 Å². The molecule has 1 atom stereocenters. The van der Waals surface area contributed by atoms with Crippen molar-refractivity contribution < 1.29 is 0 Å². The zero-order valence-corrected chi connectivity index (χ0v) is 20.6. The molecule has 0 radical (unpaired) electrons. The number of hydrogen-bond donors (Lipinski definition) is 1. The van der Waals surface area contributed by atoms with Crippen LogP contribution in [0.15, 0.2) is 89.7 Å². The van der Waals surface area contributed by atoms with E-state index in [0.29, 0.717) is 19.6 Å². The summed E-state index contributed by atoms with van der Waals surface area (Å²) in [6, 6.07) is 28.6. The highest BCUT2D eigenvalue weighted by molar-refractivity contribution is 5.79. The molecule has 36 heavy (non-hydrogen) atoms. The van der Waals surface area contributed by atoms with Crippen molar-refractivity contribution in [3.05, 3.63) is 123 Å². The summed E-state index contributed by atoms with van der Waals surface area (Å²) in [5.41, 5.74) is 4.94. The topological polar surface area (TPSA) is 79.7 Å². The summed E-state index contributed by atoms with van der Waals surface area (Å²) >= 11 is 0. The Morgan fingerprint density at radius 1 is 0.917 bits per heavy atom. The molecule has 0 amide bonds. The Labute approximate surface area is 210 Å². The van der Waals surface area contributed by atoms with Gasteiger partial charge in [-0.15, -0.1) is 5.10 Å². The Hall–Kier alpha value is -4.10. The van der Waals surface area contributed by atoms with E-state index in [2.05, 4.69) is 68.7 Å². The van der Waals surface area contributed by atoms with Crippen LogP contribution in [0, 0.1) is 6.92 Å². The number of fused-ring (bicyclic) bond motifs is 1. The molecule has 1 unspecified atom stereocenters. The smallest absolute Gasteiger partial charge is 0.252 e. The second-order valence-corrected chi connectivity index (χ2v) is 9.21. The maximum atomic E-state index is 13.1. The van der Waals surface area contributed by atoms with Gasteiger partial charge < -0.3 is 4.98 Å². The van der Waals surface area contributed by atoms with Crippen LogP contribution in [0.5, 0.6) is 0 Å². The summed E-state index contributed by atoms with van der Waals surface area (Å²) in [5, 5.41) is 13.8. The maximum absolute atomic E-state index is 13.1. The first-order valence-electron chi connectivity index (χ1n) is 12.3. The zero-order chi connectivity index (χ0) is 24.9. The third-order valence-electron chi connectivity index (χ3n) is 6.54. The SMILES string of the molecule is CCC(c1nnnn1Cc1ccccc1)N(Cc1ccccc1)Cc1cc2ccc(C)cc2[nH]c1=O. The van der Waals surface area contributed by atoms with Crippen molar-refractivity contribution in [3.8, 4) is 0 Å². The first kappa shape index (κ1) is 23.6. The van der Waals surface area contributed by atoms with E-state index < -0.39 is 0 Å². The number of pyridine rings is 1. The lowest BCUT2D eigenvalue weighted by Gasteiger charge is -2.30. The van der Waals surface area contributed by atoms with Crippen LogP contribution in [0.3, 0.4) is 0 Å². The molecule has 1 N–H and O–H groups in total. The molecular formula is C29H30N6O. The zero-order valence-electron chi connectivity index (χ0n) is 20.6. The van der Waals surface area contributed by atoms with Crippen molar-refractivity contribution in [3.63, 3.8) is 0 Å². The Morgan fingerprint density at radius 3 is 2.36 bits per heavy atom. The van der Waals surface area contributed by atoms with Crippen molar-refractivity contribution in [1.82, 2.24) is 30.1 Å². The van der Waals surface area contributed by atoms with E-state index in [0.717, 1.165) is 39.8 Å². The number of rotatable bonds is 9. The van der Waals surface area contributed by atoms with Gasteiger partial charge in [0, 0.05) is 24.2 Å². The number of aromatic nitrogens is 5. The van der Waals surface area contributed by atoms with Crippen LogP contribution in [-0.4, -0.2) is 30.1 Å². The van der Waals surface area contributed by atoms with Gasteiger partial charge in [0.25, 0.3) is 5.56 Å². The van der Waals surface area contributed by atoms with Crippen LogP contribution in [0.4, 0.5) is 0 Å². The molecule has 3 aromatic carbocycles. The average Bonchev–Trinajstić information content (AvgIpc) is 3.34. The Morgan fingerprint density at radius 2 is 1.64 bits per heavy atom. The van der Waals surface area contributed by atoms with Crippen molar-refractivity contribution in [1.29, 1.82) is 0 Å². The monoisotopic (exact) mass is 478 g/mol. The summed E-state index contributed by atoms with van der Waals surface area (Å²) in [7, 11) is 0. The molecule has 0 bridgehead atoms. The van der Waals surface area contributed by atoms with Crippen molar-refractivity contribution in [2.24, 2.45) is 0 Å². The number of aromatic amines is 1. The number of hydrogen-bond acceptors (Lipinski definition) is 5. The molecule has 5 aromatic rings. The summed E-state index contributed by atoms with van der Waals surface area (Å²) in [6.45, 7) is 5.90. The summed E-state index contributed by atoms with van der Waals surface area (Å²) in [5.74, 6) is 0.796. The Balaban J connectivity index is 1.51. The van der Waals surface area contributed by atoms with Gasteiger partial charge in [0.15, 0.2) is 5.82 Å². The summed E-state index contributed by atoms with van der Waals surface area (Å²) < 4.78 is 1.87. The van der Waals surface area contributed by atoms with Gasteiger partial charge in [-0.05, 0) is 58.0 Å². The number of H-pyrrole nitrogens is 1. The van der Waals surface area contributed by atoms with Gasteiger partial charge in [-0.25, -0.2) is 4.68 Å². The molecule has 182 valence electrons.